The molecular formula is C8H9N3O4. The van der Waals surface area contributed by atoms with Crippen molar-refractivity contribution < 1.29 is 19.1 Å². The fourth-order valence-corrected chi connectivity index (χ4v) is 1.06. The number of ether oxygens (including phenoxy) is 1. The average Bonchev–Trinajstić information content (AvgIpc) is 2.69. The number of Topliss-reactive ketones (excluding diaryl/α,β-unsaturated/α-hetero) is 1. The van der Waals surface area contributed by atoms with E-state index in [9.17, 15) is 14.4 Å². The Morgan fingerprint density at radius 3 is 2.60 bits per heavy atom. The summed E-state index contributed by atoms with van der Waals surface area (Å²) in [6, 6.07) is 0. The van der Waals surface area contributed by atoms with Crippen LogP contribution in [0, 0.1) is 0 Å². The second-order valence-electron chi connectivity index (χ2n) is 2.69. The number of esters is 1. The summed E-state index contributed by atoms with van der Waals surface area (Å²) < 4.78 is 4.21. The zero-order valence-electron chi connectivity index (χ0n) is 7.89. The van der Waals surface area contributed by atoms with Gasteiger partial charge < -0.3 is 15.5 Å². The van der Waals surface area contributed by atoms with Crippen LogP contribution in [0.4, 0.5) is 0 Å². The predicted octanol–water partition coefficient (Wildman–Crippen LogP) is -1.28. The number of ketones is 1. The van der Waals surface area contributed by atoms with Gasteiger partial charge in [-0.3, -0.25) is 9.59 Å². The summed E-state index contributed by atoms with van der Waals surface area (Å²) in [5, 5.41) is 0. The van der Waals surface area contributed by atoms with E-state index in [0.29, 0.717) is 0 Å². The Labute approximate surface area is 84.6 Å². The van der Waals surface area contributed by atoms with E-state index in [1.807, 2.05) is 0 Å². The smallest absolute Gasteiger partial charge is 0.375 e. The van der Waals surface area contributed by atoms with Crippen molar-refractivity contribution in [2.75, 3.05) is 7.11 Å². The van der Waals surface area contributed by atoms with Crippen molar-refractivity contribution in [1.29, 1.82) is 0 Å². The molecule has 7 heteroatoms. The van der Waals surface area contributed by atoms with Gasteiger partial charge in [-0.2, -0.15) is 0 Å². The number of nitrogens with two attached hydrogens (primary N) is 1. The Morgan fingerprint density at radius 2 is 2.20 bits per heavy atom. The van der Waals surface area contributed by atoms with Gasteiger partial charge in [0.1, 0.15) is 0 Å². The van der Waals surface area contributed by atoms with Gasteiger partial charge in [0.2, 0.25) is 5.91 Å². The topological polar surface area (TPSA) is 115 Å². The maximum Gasteiger partial charge on any atom is 0.375 e. The van der Waals surface area contributed by atoms with Crippen molar-refractivity contribution in [2.45, 2.75) is 5.92 Å². The van der Waals surface area contributed by atoms with E-state index >= 15 is 0 Å². The van der Waals surface area contributed by atoms with Crippen LogP contribution in [0.5, 0.6) is 0 Å². The van der Waals surface area contributed by atoms with Gasteiger partial charge in [0, 0.05) is 6.20 Å². The number of aromatic amines is 1. The van der Waals surface area contributed by atoms with Crippen LogP contribution in [-0.4, -0.2) is 34.7 Å². The third-order valence-electron chi connectivity index (χ3n) is 1.75. The predicted molar refractivity (Wildman–Crippen MR) is 47.5 cm³/mol. The summed E-state index contributed by atoms with van der Waals surface area (Å²) >= 11 is 0. The summed E-state index contributed by atoms with van der Waals surface area (Å²) in [6.07, 6.45) is 2.59. The summed E-state index contributed by atoms with van der Waals surface area (Å²) in [5.41, 5.74) is 5.10. The molecule has 3 N–H and O–H groups in total. The molecule has 0 spiro atoms. The molecule has 1 aromatic rings. The number of hydrogen-bond acceptors (Lipinski definition) is 5. The number of nitrogens with one attached hydrogen (secondary N) is 1. The van der Waals surface area contributed by atoms with Crippen LogP contribution in [0.1, 0.15) is 11.6 Å². The summed E-state index contributed by atoms with van der Waals surface area (Å²) in [5.74, 6) is -4.50. The molecule has 0 bridgehead atoms. The molecule has 1 rings (SSSR count). The van der Waals surface area contributed by atoms with Crippen molar-refractivity contribution >= 4 is 17.7 Å². The number of imidazole rings is 1. The van der Waals surface area contributed by atoms with E-state index in [0.717, 1.165) is 7.11 Å². The first kappa shape index (κ1) is 10.9. The maximum absolute atomic E-state index is 11.4. The Bertz CT molecular complexity index is 385. The van der Waals surface area contributed by atoms with Gasteiger partial charge in [-0.1, -0.05) is 0 Å². The van der Waals surface area contributed by atoms with Crippen LogP contribution in [0.15, 0.2) is 12.5 Å². The molecule has 15 heavy (non-hydrogen) atoms. The Kier molecular flexibility index (Phi) is 3.17. The quantitative estimate of drug-likeness (QED) is 0.365. The van der Waals surface area contributed by atoms with Gasteiger partial charge in [0.25, 0.3) is 5.78 Å². The first-order valence-corrected chi connectivity index (χ1v) is 3.98. The minimum Gasteiger partial charge on any atom is -0.463 e. The number of nitrogens with zero attached hydrogens (tertiary/aromatic N) is 1. The minimum atomic E-state index is -1.40. The van der Waals surface area contributed by atoms with Crippen molar-refractivity contribution in [3.8, 4) is 0 Å². The van der Waals surface area contributed by atoms with E-state index in [1.165, 1.54) is 12.5 Å². The monoisotopic (exact) mass is 211 g/mol. The highest BCUT2D eigenvalue weighted by atomic mass is 16.5. The highest BCUT2D eigenvalue weighted by molar-refractivity contribution is 6.40. The normalized spacial score (nSPS) is 11.8. The molecule has 0 aliphatic heterocycles. The first-order valence-electron chi connectivity index (χ1n) is 3.98. The number of primary amides is 1. The van der Waals surface area contributed by atoms with Crippen molar-refractivity contribution in [3.63, 3.8) is 0 Å². The van der Waals surface area contributed by atoms with Crippen LogP contribution >= 0.6 is 0 Å². The second-order valence-corrected chi connectivity index (χ2v) is 2.69. The number of methoxy groups -OCH3 is 1. The lowest BCUT2D eigenvalue weighted by Gasteiger charge is -2.07. The summed E-state index contributed by atoms with van der Waals surface area (Å²) in [4.78, 5) is 39.6. The summed E-state index contributed by atoms with van der Waals surface area (Å²) in [6.45, 7) is 0. The third kappa shape index (κ3) is 2.19. The van der Waals surface area contributed by atoms with E-state index in [4.69, 9.17) is 5.73 Å². The molecule has 7 nitrogen and oxygen atoms in total. The number of carbonyl (C=O) groups excluding carboxylic acids is 3. The molecule has 0 fully saturated rings. The number of hydrogen-bond donors (Lipinski definition) is 2. The molecule has 0 saturated heterocycles. The maximum atomic E-state index is 11.4. The lowest BCUT2D eigenvalue weighted by molar-refractivity contribution is -0.153. The molecule has 1 aromatic heterocycles. The zero-order chi connectivity index (χ0) is 11.4. The Balaban J connectivity index is 2.99. The fraction of sp³-hybridized carbons (Fsp3) is 0.250. The molecule has 1 heterocycles. The molecule has 1 amide bonds. The number of H-pyrrole nitrogens is 1. The van der Waals surface area contributed by atoms with Gasteiger partial charge in [-0.15, -0.1) is 0 Å². The molecule has 0 saturated carbocycles. The average molecular weight is 211 g/mol. The second kappa shape index (κ2) is 4.36. The van der Waals surface area contributed by atoms with Crippen molar-refractivity contribution in [3.05, 3.63) is 18.2 Å². The SMILES string of the molecule is COC(=O)C(=O)C(C(N)=O)c1c[nH]cn1. The van der Waals surface area contributed by atoms with Crippen LogP contribution < -0.4 is 5.73 Å². The highest BCUT2D eigenvalue weighted by Gasteiger charge is 2.33. The number of carbonyl (C=O) groups is 3. The first-order chi connectivity index (χ1) is 7.07. The van der Waals surface area contributed by atoms with E-state index < -0.39 is 23.6 Å². The molecule has 1 unspecified atom stereocenters. The molecule has 0 radical (unpaired) electrons. The van der Waals surface area contributed by atoms with Crippen LogP contribution in [-0.2, 0) is 19.1 Å². The van der Waals surface area contributed by atoms with E-state index in [2.05, 4.69) is 14.7 Å². The molecule has 80 valence electrons. The zero-order valence-corrected chi connectivity index (χ0v) is 7.89. The van der Waals surface area contributed by atoms with Crippen LogP contribution in [0.2, 0.25) is 0 Å². The molecule has 0 aromatic carbocycles. The van der Waals surface area contributed by atoms with Gasteiger partial charge in [0.05, 0.1) is 19.1 Å². The summed E-state index contributed by atoms with van der Waals surface area (Å²) in [7, 11) is 1.04. The fourth-order valence-electron chi connectivity index (χ4n) is 1.06. The van der Waals surface area contributed by atoms with Crippen LogP contribution in [0.25, 0.3) is 0 Å². The molecule has 0 aliphatic rings. The van der Waals surface area contributed by atoms with E-state index in [-0.39, 0.29) is 5.69 Å². The largest absolute Gasteiger partial charge is 0.463 e. The van der Waals surface area contributed by atoms with Gasteiger partial charge in [-0.25, -0.2) is 9.78 Å². The molecular weight excluding hydrogens is 202 g/mol. The molecule has 1 atom stereocenters. The lowest BCUT2D eigenvalue weighted by Crippen LogP contribution is -2.33. The van der Waals surface area contributed by atoms with Crippen molar-refractivity contribution in [1.82, 2.24) is 9.97 Å². The highest BCUT2D eigenvalue weighted by Crippen LogP contribution is 2.13. The Hall–Kier alpha value is -2.18. The van der Waals surface area contributed by atoms with Crippen molar-refractivity contribution in [2.24, 2.45) is 5.73 Å². The number of aromatic nitrogens is 2. The van der Waals surface area contributed by atoms with Crippen LogP contribution in [0.3, 0.4) is 0 Å². The van der Waals surface area contributed by atoms with Gasteiger partial charge in [-0.05, 0) is 0 Å². The number of rotatable bonds is 4. The lowest BCUT2D eigenvalue weighted by atomic mass is 10.0. The minimum absolute atomic E-state index is 0.0953. The van der Waals surface area contributed by atoms with Gasteiger partial charge in [0.15, 0.2) is 5.92 Å². The number of amides is 1. The molecule has 0 aliphatic carbocycles. The standard InChI is InChI=1S/C8H9N3O4/c1-15-8(14)6(12)5(7(9)13)4-2-10-3-11-4/h2-3,5H,1H3,(H2,9,13)(H,10,11). The van der Waals surface area contributed by atoms with Gasteiger partial charge >= 0.3 is 5.97 Å². The Morgan fingerprint density at radius 1 is 1.53 bits per heavy atom. The van der Waals surface area contributed by atoms with E-state index in [1.54, 1.807) is 0 Å². The third-order valence-corrected chi connectivity index (χ3v) is 1.75.